The average molecular weight is 367 g/mol. The quantitative estimate of drug-likeness (QED) is 0.846. The van der Waals surface area contributed by atoms with E-state index in [-0.39, 0.29) is 11.9 Å². The van der Waals surface area contributed by atoms with Crippen LogP contribution in [0.25, 0.3) is 0 Å². The largest absolute Gasteiger partial charge is 0.481 e. The Morgan fingerprint density at radius 1 is 1.07 bits per heavy atom. The van der Waals surface area contributed by atoms with E-state index in [0.29, 0.717) is 32.5 Å². The molecule has 1 aliphatic heterocycles. The first-order chi connectivity index (χ1) is 13.0. The molecular formula is C21H25N3O3. The third kappa shape index (κ3) is 4.78. The van der Waals surface area contributed by atoms with Crippen LogP contribution in [0.15, 0.2) is 54.6 Å². The fourth-order valence-electron chi connectivity index (χ4n) is 3.33. The van der Waals surface area contributed by atoms with E-state index in [4.69, 9.17) is 5.11 Å². The van der Waals surface area contributed by atoms with Gasteiger partial charge in [0.05, 0.1) is 5.92 Å². The minimum Gasteiger partial charge on any atom is -0.481 e. The Morgan fingerprint density at radius 2 is 1.70 bits per heavy atom. The van der Waals surface area contributed by atoms with E-state index in [1.54, 1.807) is 4.90 Å². The fraction of sp³-hybridized carbons (Fsp3) is 0.333. The zero-order valence-corrected chi connectivity index (χ0v) is 15.5. The molecule has 3 rings (SSSR count). The summed E-state index contributed by atoms with van der Waals surface area (Å²) in [4.78, 5) is 27.5. The van der Waals surface area contributed by atoms with Gasteiger partial charge in [-0.2, -0.15) is 0 Å². The second kappa shape index (κ2) is 8.58. The van der Waals surface area contributed by atoms with Gasteiger partial charge in [-0.3, -0.25) is 4.79 Å². The van der Waals surface area contributed by atoms with Crippen LogP contribution in [-0.4, -0.2) is 42.1 Å². The zero-order chi connectivity index (χ0) is 19.2. The molecule has 1 aliphatic rings. The van der Waals surface area contributed by atoms with Gasteiger partial charge in [-0.05, 0) is 36.6 Å². The molecule has 6 heteroatoms. The van der Waals surface area contributed by atoms with E-state index >= 15 is 0 Å². The van der Waals surface area contributed by atoms with Crippen LogP contribution < -0.4 is 10.2 Å². The third-order valence-corrected chi connectivity index (χ3v) is 4.99. The molecule has 0 atom stereocenters. The number of likely N-dealkylation sites (tertiary alicyclic amines) is 1. The van der Waals surface area contributed by atoms with Gasteiger partial charge in [-0.15, -0.1) is 0 Å². The fourth-order valence-corrected chi connectivity index (χ4v) is 3.33. The molecule has 1 fully saturated rings. The lowest BCUT2D eigenvalue weighted by Gasteiger charge is -2.30. The SMILES string of the molecule is CN(Cc1ccccc1NC(=O)N1CCC(C(=O)O)CC1)c1ccccc1. The van der Waals surface area contributed by atoms with Crippen molar-refractivity contribution >= 4 is 23.4 Å². The van der Waals surface area contributed by atoms with Gasteiger partial charge in [0.15, 0.2) is 0 Å². The van der Waals surface area contributed by atoms with Crippen molar-refractivity contribution in [2.75, 3.05) is 30.4 Å². The van der Waals surface area contributed by atoms with Gasteiger partial charge < -0.3 is 20.2 Å². The normalized spacial score (nSPS) is 14.6. The van der Waals surface area contributed by atoms with Crippen molar-refractivity contribution in [1.82, 2.24) is 4.90 Å². The lowest BCUT2D eigenvalue weighted by Crippen LogP contribution is -2.42. The number of carboxylic acid groups (broad SMARTS) is 1. The first-order valence-electron chi connectivity index (χ1n) is 9.17. The molecule has 0 radical (unpaired) electrons. The highest BCUT2D eigenvalue weighted by atomic mass is 16.4. The van der Waals surface area contributed by atoms with Crippen LogP contribution in [0.3, 0.4) is 0 Å². The van der Waals surface area contributed by atoms with Crippen LogP contribution in [0.1, 0.15) is 18.4 Å². The second-order valence-corrected chi connectivity index (χ2v) is 6.88. The molecule has 0 aromatic heterocycles. The number of nitrogens with one attached hydrogen (secondary N) is 1. The minimum atomic E-state index is -0.774. The number of rotatable bonds is 5. The summed E-state index contributed by atoms with van der Waals surface area (Å²) in [5.41, 5.74) is 2.91. The number of benzene rings is 2. The van der Waals surface area contributed by atoms with Gasteiger partial charge in [-0.25, -0.2) is 4.79 Å². The molecule has 0 aliphatic carbocycles. The van der Waals surface area contributed by atoms with Crippen molar-refractivity contribution in [1.29, 1.82) is 0 Å². The number of para-hydroxylation sites is 2. The van der Waals surface area contributed by atoms with Crippen molar-refractivity contribution in [3.63, 3.8) is 0 Å². The predicted molar refractivity (Wildman–Crippen MR) is 106 cm³/mol. The number of urea groups is 1. The summed E-state index contributed by atoms with van der Waals surface area (Å²) in [6, 6.07) is 17.7. The summed E-state index contributed by atoms with van der Waals surface area (Å²) in [6.45, 7) is 1.60. The van der Waals surface area contributed by atoms with Crippen molar-refractivity contribution in [2.45, 2.75) is 19.4 Å². The maximum atomic E-state index is 12.6. The van der Waals surface area contributed by atoms with Crippen LogP contribution in [0, 0.1) is 5.92 Å². The third-order valence-electron chi connectivity index (χ3n) is 4.99. The number of carbonyl (C=O) groups is 2. The summed E-state index contributed by atoms with van der Waals surface area (Å²) in [6.07, 6.45) is 1.00. The number of carbonyl (C=O) groups excluding carboxylic acids is 1. The molecule has 1 heterocycles. The number of piperidine rings is 1. The molecule has 0 unspecified atom stereocenters. The van der Waals surface area contributed by atoms with Crippen molar-refractivity contribution in [3.05, 3.63) is 60.2 Å². The molecule has 1 saturated heterocycles. The smallest absolute Gasteiger partial charge is 0.321 e. The number of amides is 2. The maximum absolute atomic E-state index is 12.6. The van der Waals surface area contributed by atoms with E-state index in [2.05, 4.69) is 10.2 Å². The molecular weight excluding hydrogens is 342 g/mol. The molecule has 2 aromatic rings. The number of nitrogens with zero attached hydrogens (tertiary/aromatic N) is 2. The minimum absolute atomic E-state index is 0.173. The number of anilines is 2. The van der Waals surface area contributed by atoms with Crippen molar-refractivity contribution < 1.29 is 14.7 Å². The average Bonchev–Trinajstić information content (AvgIpc) is 2.70. The van der Waals surface area contributed by atoms with E-state index in [1.807, 2.05) is 61.6 Å². The topological polar surface area (TPSA) is 72.9 Å². The van der Waals surface area contributed by atoms with Crippen LogP contribution in [0.4, 0.5) is 16.2 Å². The first kappa shape index (κ1) is 18.8. The Kier molecular flexibility index (Phi) is 5.96. The van der Waals surface area contributed by atoms with E-state index in [9.17, 15) is 9.59 Å². The van der Waals surface area contributed by atoms with Gasteiger partial charge in [0, 0.05) is 38.1 Å². The Labute approximate surface area is 159 Å². The molecule has 142 valence electrons. The predicted octanol–water partition coefficient (Wildman–Crippen LogP) is 3.65. The van der Waals surface area contributed by atoms with Gasteiger partial charge in [0.1, 0.15) is 0 Å². The number of carboxylic acids is 1. The van der Waals surface area contributed by atoms with Gasteiger partial charge in [0.2, 0.25) is 0 Å². The van der Waals surface area contributed by atoms with Gasteiger partial charge in [-0.1, -0.05) is 36.4 Å². The summed E-state index contributed by atoms with van der Waals surface area (Å²) in [5.74, 6) is -1.12. The van der Waals surface area contributed by atoms with Crippen LogP contribution in [0.5, 0.6) is 0 Å². The number of hydrogen-bond acceptors (Lipinski definition) is 3. The highest BCUT2D eigenvalue weighted by Crippen LogP contribution is 2.22. The Morgan fingerprint density at radius 3 is 2.37 bits per heavy atom. The Bertz CT molecular complexity index is 786. The van der Waals surface area contributed by atoms with E-state index in [1.165, 1.54) is 0 Å². The van der Waals surface area contributed by atoms with Crippen molar-refractivity contribution in [3.8, 4) is 0 Å². The Balaban J connectivity index is 1.64. The molecule has 0 saturated carbocycles. The Hall–Kier alpha value is -3.02. The monoisotopic (exact) mass is 367 g/mol. The molecule has 6 nitrogen and oxygen atoms in total. The standard InChI is InChI=1S/C21H25N3O3/c1-23(18-8-3-2-4-9-18)15-17-7-5-6-10-19(17)22-21(27)24-13-11-16(12-14-24)20(25)26/h2-10,16H,11-15H2,1H3,(H,22,27)(H,25,26). The highest BCUT2D eigenvalue weighted by molar-refractivity contribution is 5.90. The van der Waals surface area contributed by atoms with Crippen LogP contribution in [0.2, 0.25) is 0 Å². The van der Waals surface area contributed by atoms with Crippen molar-refractivity contribution in [2.24, 2.45) is 5.92 Å². The van der Waals surface area contributed by atoms with E-state index < -0.39 is 5.97 Å². The molecule has 0 spiro atoms. The van der Waals surface area contributed by atoms with Gasteiger partial charge in [0.25, 0.3) is 0 Å². The molecule has 0 bridgehead atoms. The molecule has 2 aromatic carbocycles. The highest BCUT2D eigenvalue weighted by Gasteiger charge is 2.27. The maximum Gasteiger partial charge on any atom is 0.321 e. The lowest BCUT2D eigenvalue weighted by molar-refractivity contribution is -0.143. The lowest BCUT2D eigenvalue weighted by atomic mass is 9.97. The zero-order valence-electron chi connectivity index (χ0n) is 15.5. The van der Waals surface area contributed by atoms with Crippen LogP contribution >= 0.6 is 0 Å². The summed E-state index contributed by atoms with van der Waals surface area (Å²) < 4.78 is 0. The summed E-state index contributed by atoms with van der Waals surface area (Å²) in [7, 11) is 2.02. The number of hydrogen-bond donors (Lipinski definition) is 2. The number of aliphatic carboxylic acids is 1. The molecule has 27 heavy (non-hydrogen) atoms. The summed E-state index contributed by atoms with van der Waals surface area (Å²) >= 11 is 0. The van der Waals surface area contributed by atoms with E-state index in [0.717, 1.165) is 16.9 Å². The summed E-state index contributed by atoms with van der Waals surface area (Å²) in [5, 5.41) is 12.1. The molecule has 2 amide bonds. The molecule has 2 N–H and O–H groups in total. The first-order valence-corrected chi connectivity index (χ1v) is 9.17. The van der Waals surface area contributed by atoms with Gasteiger partial charge >= 0.3 is 12.0 Å². The second-order valence-electron chi connectivity index (χ2n) is 6.88. The van der Waals surface area contributed by atoms with Crippen LogP contribution in [-0.2, 0) is 11.3 Å².